The number of hydrogen-bond acceptors (Lipinski definition) is 6. The maximum absolute atomic E-state index is 13.3. The summed E-state index contributed by atoms with van der Waals surface area (Å²) in [5.74, 6) is 0.482. The van der Waals surface area contributed by atoms with Crippen LogP contribution in [0, 0.1) is 0 Å². The summed E-state index contributed by atoms with van der Waals surface area (Å²) in [5.41, 5.74) is 0.819. The van der Waals surface area contributed by atoms with Crippen molar-refractivity contribution in [3.8, 4) is 5.75 Å². The highest BCUT2D eigenvalue weighted by Gasteiger charge is 2.46. The van der Waals surface area contributed by atoms with Crippen LogP contribution in [0.25, 0.3) is 0 Å². The molecule has 0 spiro atoms. The van der Waals surface area contributed by atoms with Crippen molar-refractivity contribution in [2.75, 3.05) is 20.8 Å². The first-order valence-corrected chi connectivity index (χ1v) is 11.0. The van der Waals surface area contributed by atoms with Crippen LogP contribution in [0.4, 0.5) is 4.79 Å². The van der Waals surface area contributed by atoms with Crippen molar-refractivity contribution < 1.29 is 32.8 Å². The Morgan fingerprint density at radius 1 is 1.48 bits per heavy atom. The number of ether oxygens (including phenoxy) is 1. The van der Waals surface area contributed by atoms with E-state index in [0.29, 0.717) is 17.7 Å². The molecule has 2 rings (SSSR count). The minimum absolute atomic E-state index is 0.0464. The normalized spacial score (nSPS) is 17.9. The van der Waals surface area contributed by atoms with Crippen molar-refractivity contribution in [1.82, 2.24) is 9.39 Å². The molecular formula is C16H25N2O7PS. The van der Waals surface area contributed by atoms with Crippen molar-refractivity contribution in [2.24, 2.45) is 0 Å². The van der Waals surface area contributed by atoms with Gasteiger partial charge in [0, 0.05) is 20.6 Å². The fraction of sp³-hybridized carbons (Fsp3) is 0.562. The Morgan fingerprint density at radius 2 is 2.11 bits per heavy atom. The predicted molar refractivity (Wildman–Crippen MR) is 101 cm³/mol. The highest BCUT2D eigenvalue weighted by atomic mass is 32.2. The van der Waals surface area contributed by atoms with Gasteiger partial charge in [-0.05, 0) is 36.5 Å². The van der Waals surface area contributed by atoms with Crippen LogP contribution in [-0.4, -0.2) is 46.2 Å². The molecule has 11 heteroatoms. The highest BCUT2D eigenvalue weighted by molar-refractivity contribution is 7.94. The standard InChI is InChI=1S/C16H25N2O7PS/c1-6-18(26(21,23-4)24-5)27(22)14(17-15(19)20)12-9-7-8-11-10-16(2,3)25-13(11)12/h7-9,14,17H,6,10H2,1-5H3,(H,19,20). The summed E-state index contributed by atoms with van der Waals surface area (Å²) in [6.07, 6.45) is -0.738. The fourth-order valence-corrected chi connectivity index (χ4v) is 6.41. The van der Waals surface area contributed by atoms with Gasteiger partial charge in [-0.1, -0.05) is 12.1 Å². The molecule has 9 nitrogen and oxygen atoms in total. The van der Waals surface area contributed by atoms with Gasteiger partial charge in [-0.3, -0.25) is 14.4 Å². The van der Waals surface area contributed by atoms with Crippen molar-refractivity contribution in [3.63, 3.8) is 0 Å². The number of nitrogens with zero attached hydrogens (tertiary/aromatic N) is 1. The average Bonchev–Trinajstić information content (AvgIpc) is 2.93. The van der Waals surface area contributed by atoms with Gasteiger partial charge in [0.15, 0.2) is 0 Å². The van der Waals surface area contributed by atoms with Gasteiger partial charge < -0.3 is 14.4 Å². The molecule has 0 aliphatic carbocycles. The topological polar surface area (TPSA) is 120 Å². The summed E-state index contributed by atoms with van der Waals surface area (Å²) in [5, 5.41) is 10.3. The monoisotopic (exact) mass is 420 g/mol. The van der Waals surface area contributed by atoms with E-state index in [1.807, 2.05) is 19.9 Å². The van der Waals surface area contributed by atoms with Crippen LogP contribution in [0.3, 0.4) is 0 Å². The van der Waals surface area contributed by atoms with E-state index >= 15 is 0 Å². The van der Waals surface area contributed by atoms with Crippen LogP contribution in [0.1, 0.15) is 37.3 Å². The summed E-state index contributed by atoms with van der Waals surface area (Å²) in [6, 6.07) is 5.26. The number of amides is 1. The Bertz CT molecular complexity index is 737. The molecule has 0 bridgehead atoms. The smallest absolute Gasteiger partial charge is 0.449 e. The molecule has 1 aromatic carbocycles. The second-order valence-corrected chi connectivity index (χ2v) is 10.4. The van der Waals surface area contributed by atoms with E-state index in [0.717, 1.165) is 9.64 Å². The largest absolute Gasteiger partial charge is 0.595 e. The molecule has 2 atom stereocenters. The first-order chi connectivity index (χ1) is 12.6. The van der Waals surface area contributed by atoms with Gasteiger partial charge >= 0.3 is 13.8 Å². The Hall–Kier alpha value is -1.29. The lowest BCUT2D eigenvalue weighted by molar-refractivity contribution is 0.136. The number of para-hydroxylation sites is 1. The fourth-order valence-electron chi connectivity index (χ4n) is 2.97. The molecule has 0 aromatic heterocycles. The molecule has 1 aliphatic heterocycles. The molecule has 2 N–H and O–H groups in total. The zero-order chi connectivity index (χ0) is 20.4. The summed E-state index contributed by atoms with van der Waals surface area (Å²) in [6.45, 7) is 5.49. The molecule has 0 fully saturated rings. The van der Waals surface area contributed by atoms with Crippen LogP contribution in [-0.2, 0) is 31.4 Å². The zero-order valence-corrected chi connectivity index (χ0v) is 17.6. The Kier molecular flexibility index (Phi) is 6.83. The molecule has 0 saturated heterocycles. The second kappa shape index (κ2) is 8.38. The number of hydrogen-bond donors (Lipinski definition) is 2. The number of benzene rings is 1. The van der Waals surface area contributed by atoms with E-state index in [2.05, 4.69) is 5.32 Å². The van der Waals surface area contributed by atoms with Gasteiger partial charge in [0.1, 0.15) is 11.4 Å². The lowest BCUT2D eigenvalue weighted by Gasteiger charge is -2.32. The van der Waals surface area contributed by atoms with Gasteiger partial charge in [-0.2, -0.15) is 0 Å². The first kappa shape index (κ1) is 22.0. The van der Waals surface area contributed by atoms with Crippen LogP contribution in [0.15, 0.2) is 18.2 Å². The van der Waals surface area contributed by atoms with Crippen LogP contribution < -0.4 is 10.1 Å². The molecule has 0 radical (unpaired) electrons. The second-order valence-electron chi connectivity index (χ2n) is 6.48. The number of carbonyl (C=O) groups is 1. The van der Waals surface area contributed by atoms with Gasteiger partial charge in [-0.25, -0.2) is 9.36 Å². The van der Waals surface area contributed by atoms with Crippen LogP contribution in [0.5, 0.6) is 5.75 Å². The maximum atomic E-state index is 13.3. The molecular weight excluding hydrogens is 395 g/mol. The number of nitrogens with one attached hydrogen (secondary N) is 1. The zero-order valence-electron chi connectivity index (χ0n) is 15.9. The lowest BCUT2D eigenvalue weighted by Crippen LogP contribution is -2.41. The predicted octanol–water partition coefficient (Wildman–Crippen LogP) is 3.05. The molecule has 1 aliphatic rings. The Morgan fingerprint density at radius 3 is 2.63 bits per heavy atom. The third-order valence-electron chi connectivity index (χ3n) is 4.07. The van der Waals surface area contributed by atoms with Gasteiger partial charge in [0.05, 0.1) is 23.5 Å². The molecule has 27 heavy (non-hydrogen) atoms. The first-order valence-electron chi connectivity index (χ1n) is 8.29. The molecule has 1 amide bonds. The van der Waals surface area contributed by atoms with Crippen molar-refractivity contribution in [1.29, 1.82) is 0 Å². The highest BCUT2D eigenvalue weighted by Crippen LogP contribution is 2.54. The van der Waals surface area contributed by atoms with Crippen molar-refractivity contribution >= 4 is 25.2 Å². The number of rotatable bonds is 8. The molecule has 152 valence electrons. The average molecular weight is 420 g/mol. The number of fused-ring (bicyclic) bond motifs is 1. The van der Waals surface area contributed by atoms with E-state index in [-0.39, 0.29) is 6.54 Å². The van der Waals surface area contributed by atoms with Crippen LogP contribution >= 0.6 is 7.75 Å². The lowest BCUT2D eigenvalue weighted by atomic mass is 10.0. The van der Waals surface area contributed by atoms with Gasteiger partial charge in [-0.15, -0.1) is 0 Å². The van der Waals surface area contributed by atoms with E-state index in [1.54, 1.807) is 19.1 Å². The minimum atomic E-state index is -3.85. The Balaban J connectivity index is 2.50. The Labute approximate surface area is 161 Å². The molecule has 1 heterocycles. The molecule has 0 saturated carbocycles. The van der Waals surface area contributed by atoms with Crippen LogP contribution in [0.2, 0.25) is 0 Å². The van der Waals surface area contributed by atoms with E-state index in [4.69, 9.17) is 13.8 Å². The van der Waals surface area contributed by atoms with E-state index in [9.17, 15) is 19.0 Å². The molecule has 1 aromatic rings. The van der Waals surface area contributed by atoms with Crippen molar-refractivity contribution in [2.45, 2.75) is 38.2 Å². The van der Waals surface area contributed by atoms with E-state index < -0.39 is 36.2 Å². The number of carboxylic acid groups (broad SMARTS) is 1. The van der Waals surface area contributed by atoms with Gasteiger partial charge in [0.2, 0.25) is 5.37 Å². The summed E-state index contributed by atoms with van der Waals surface area (Å²) >= 11 is -2.11. The minimum Gasteiger partial charge on any atom is -0.595 e. The quantitative estimate of drug-likeness (QED) is 0.486. The third kappa shape index (κ3) is 4.59. The van der Waals surface area contributed by atoms with Crippen molar-refractivity contribution in [3.05, 3.63) is 29.3 Å². The third-order valence-corrected chi connectivity index (χ3v) is 8.36. The summed E-state index contributed by atoms with van der Waals surface area (Å²) in [7, 11) is -1.50. The summed E-state index contributed by atoms with van der Waals surface area (Å²) < 4.78 is 42.9. The summed E-state index contributed by atoms with van der Waals surface area (Å²) in [4.78, 5) is 11.4. The SMILES string of the molecule is CCN([S+]([O-])C(NC(=O)O)c1cccc2c1OC(C)(C)C2)P(=O)(OC)OC. The molecule has 2 unspecified atom stereocenters. The van der Waals surface area contributed by atoms with E-state index in [1.165, 1.54) is 14.2 Å². The maximum Gasteiger partial charge on any atom is 0.449 e. The van der Waals surface area contributed by atoms with Gasteiger partial charge in [0.25, 0.3) is 0 Å².